The summed E-state index contributed by atoms with van der Waals surface area (Å²) in [6.07, 6.45) is 9.57. The van der Waals surface area contributed by atoms with Gasteiger partial charge in [-0.25, -0.2) is 4.98 Å². The Morgan fingerprint density at radius 2 is 1.55 bits per heavy atom. The quantitative estimate of drug-likeness (QED) is 0.739. The molecule has 22 heavy (non-hydrogen) atoms. The number of aromatic nitrogens is 3. The van der Waals surface area contributed by atoms with Crippen molar-refractivity contribution in [1.29, 1.82) is 5.26 Å². The standard InChI is InChI=1S/C18H14N4/c19-11-18-14(4-3-9-22-18)10-17(15-5-1-7-20-12-15)16-6-2-8-21-13-16/h1-9,12-13,17H,10H2. The SMILES string of the molecule is N#Cc1ncccc1CC(c1cccnc1)c1cccnc1. The van der Waals surface area contributed by atoms with Crippen LogP contribution >= 0.6 is 0 Å². The highest BCUT2D eigenvalue weighted by molar-refractivity contribution is 5.36. The fraction of sp³-hybridized carbons (Fsp3) is 0.111. The van der Waals surface area contributed by atoms with E-state index >= 15 is 0 Å². The van der Waals surface area contributed by atoms with Crippen molar-refractivity contribution in [2.75, 3.05) is 0 Å². The monoisotopic (exact) mass is 286 g/mol. The molecule has 0 atom stereocenters. The molecule has 0 saturated heterocycles. The van der Waals surface area contributed by atoms with Gasteiger partial charge in [0, 0.05) is 36.9 Å². The first kappa shape index (κ1) is 13.9. The molecule has 3 aromatic heterocycles. The lowest BCUT2D eigenvalue weighted by Gasteiger charge is -2.17. The Hall–Kier alpha value is -3.06. The normalized spacial score (nSPS) is 10.4. The molecule has 106 valence electrons. The van der Waals surface area contributed by atoms with E-state index in [9.17, 15) is 5.26 Å². The van der Waals surface area contributed by atoms with Crippen molar-refractivity contribution in [3.63, 3.8) is 0 Å². The third-order valence-electron chi connectivity index (χ3n) is 3.59. The summed E-state index contributed by atoms with van der Waals surface area (Å²) in [6, 6.07) is 13.9. The molecule has 0 spiro atoms. The lowest BCUT2D eigenvalue weighted by molar-refractivity contribution is 0.788. The fourth-order valence-electron chi connectivity index (χ4n) is 2.52. The van der Waals surface area contributed by atoms with E-state index < -0.39 is 0 Å². The Morgan fingerprint density at radius 3 is 2.09 bits per heavy atom. The van der Waals surface area contributed by atoms with Crippen LogP contribution in [-0.4, -0.2) is 15.0 Å². The van der Waals surface area contributed by atoms with Gasteiger partial charge in [0.1, 0.15) is 11.8 Å². The Labute approximate surface area is 129 Å². The van der Waals surface area contributed by atoms with Crippen LogP contribution in [-0.2, 0) is 6.42 Å². The van der Waals surface area contributed by atoms with Gasteiger partial charge < -0.3 is 0 Å². The second-order valence-corrected chi connectivity index (χ2v) is 4.95. The Bertz CT molecular complexity index is 739. The van der Waals surface area contributed by atoms with Gasteiger partial charge in [-0.3, -0.25) is 9.97 Å². The Balaban J connectivity index is 2.02. The summed E-state index contributed by atoms with van der Waals surface area (Å²) in [5.41, 5.74) is 3.61. The van der Waals surface area contributed by atoms with Crippen LogP contribution in [0, 0.1) is 11.3 Å². The molecule has 0 aliphatic carbocycles. The zero-order valence-electron chi connectivity index (χ0n) is 11.9. The Morgan fingerprint density at radius 1 is 0.909 bits per heavy atom. The van der Waals surface area contributed by atoms with Gasteiger partial charge in [-0.15, -0.1) is 0 Å². The first-order valence-electron chi connectivity index (χ1n) is 7.02. The molecule has 0 fully saturated rings. The number of nitrogens with zero attached hydrogens (tertiary/aromatic N) is 4. The van der Waals surface area contributed by atoms with E-state index in [0.717, 1.165) is 16.7 Å². The predicted octanol–water partition coefficient (Wildman–Crippen LogP) is 3.12. The molecule has 0 aliphatic rings. The van der Waals surface area contributed by atoms with Gasteiger partial charge in [-0.2, -0.15) is 5.26 Å². The number of hydrogen-bond acceptors (Lipinski definition) is 4. The third-order valence-corrected chi connectivity index (χ3v) is 3.59. The molecule has 3 aromatic rings. The summed E-state index contributed by atoms with van der Waals surface area (Å²) in [7, 11) is 0. The van der Waals surface area contributed by atoms with E-state index in [4.69, 9.17) is 0 Å². The van der Waals surface area contributed by atoms with Crippen LogP contribution in [0.5, 0.6) is 0 Å². The average molecular weight is 286 g/mol. The van der Waals surface area contributed by atoms with E-state index in [0.29, 0.717) is 12.1 Å². The number of nitriles is 1. The number of hydrogen-bond donors (Lipinski definition) is 0. The smallest absolute Gasteiger partial charge is 0.143 e. The molecule has 0 N–H and O–H groups in total. The molecule has 0 radical (unpaired) electrons. The molecule has 0 unspecified atom stereocenters. The average Bonchev–Trinajstić information content (AvgIpc) is 2.61. The summed E-state index contributed by atoms with van der Waals surface area (Å²) in [4.78, 5) is 12.6. The number of pyridine rings is 3. The second kappa shape index (κ2) is 6.59. The van der Waals surface area contributed by atoms with Crippen molar-refractivity contribution in [3.05, 3.63) is 89.8 Å². The second-order valence-electron chi connectivity index (χ2n) is 4.95. The van der Waals surface area contributed by atoms with Crippen LogP contribution in [0.4, 0.5) is 0 Å². The molecule has 3 heterocycles. The maximum absolute atomic E-state index is 9.24. The van der Waals surface area contributed by atoms with E-state index in [-0.39, 0.29) is 5.92 Å². The lowest BCUT2D eigenvalue weighted by Crippen LogP contribution is -2.07. The van der Waals surface area contributed by atoms with Gasteiger partial charge >= 0.3 is 0 Å². The molecule has 0 amide bonds. The van der Waals surface area contributed by atoms with Crippen molar-refractivity contribution in [2.24, 2.45) is 0 Å². The minimum Gasteiger partial charge on any atom is -0.264 e. The zero-order chi connectivity index (χ0) is 15.2. The van der Waals surface area contributed by atoms with Crippen LogP contribution in [0.1, 0.15) is 28.3 Å². The predicted molar refractivity (Wildman–Crippen MR) is 83.0 cm³/mol. The topological polar surface area (TPSA) is 62.5 Å². The van der Waals surface area contributed by atoms with Gasteiger partial charge in [0.2, 0.25) is 0 Å². The summed E-state index contributed by atoms with van der Waals surface area (Å²) in [5.74, 6) is 0.0960. The molecular formula is C18H14N4. The zero-order valence-corrected chi connectivity index (χ0v) is 11.9. The molecule has 0 bridgehead atoms. The van der Waals surface area contributed by atoms with E-state index in [1.165, 1.54) is 0 Å². The maximum atomic E-state index is 9.24. The van der Waals surface area contributed by atoms with Gasteiger partial charge in [0.15, 0.2) is 0 Å². The summed E-state index contributed by atoms with van der Waals surface area (Å²) in [5, 5.41) is 9.24. The highest BCUT2D eigenvalue weighted by Crippen LogP contribution is 2.28. The molecule has 0 saturated carbocycles. The Kier molecular flexibility index (Phi) is 4.17. The summed E-state index contributed by atoms with van der Waals surface area (Å²) < 4.78 is 0. The van der Waals surface area contributed by atoms with Crippen LogP contribution in [0.2, 0.25) is 0 Å². The van der Waals surface area contributed by atoms with Gasteiger partial charge in [0.25, 0.3) is 0 Å². The minimum atomic E-state index is 0.0960. The molecule has 0 aliphatic heterocycles. The van der Waals surface area contributed by atoms with Crippen LogP contribution in [0.3, 0.4) is 0 Å². The first-order chi connectivity index (χ1) is 10.9. The first-order valence-corrected chi connectivity index (χ1v) is 7.02. The van der Waals surface area contributed by atoms with E-state index in [1.54, 1.807) is 18.6 Å². The van der Waals surface area contributed by atoms with Crippen molar-refractivity contribution in [1.82, 2.24) is 15.0 Å². The third kappa shape index (κ3) is 2.99. The minimum absolute atomic E-state index is 0.0960. The van der Waals surface area contributed by atoms with Crippen LogP contribution in [0.25, 0.3) is 0 Å². The van der Waals surface area contributed by atoms with Gasteiger partial charge in [0.05, 0.1) is 0 Å². The molecule has 0 aromatic carbocycles. The van der Waals surface area contributed by atoms with Gasteiger partial charge in [-0.05, 0) is 41.3 Å². The summed E-state index contributed by atoms with van der Waals surface area (Å²) >= 11 is 0. The van der Waals surface area contributed by atoms with E-state index in [1.807, 2.05) is 48.8 Å². The molecular weight excluding hydrogens is 272 g/mol. The largest absolute Gasteiger partial charge is 0.264 e. The van der Waals surface area contributed by atoms with Gasteiger partial charge in [-0.1, -0.05) is 18.2 Å². The van der Waals surface area contributed by atoms with E-state index in [2.05, 4.69) is 21.0 Å². The molecule has 4 nitrogen and oxygen atoms in total. The van der Waals surface area contributed by atoms with Crippen molar-refractivity contribution < 1.29 is 0 Å². The highest BCUT2D eigenvalue weighted by atomic mass is 14.7. The molecule has 4 heteroatoms. The fourth-order valence-corrected chi connectivity index (χ4v) is 2.52. The van der Waals surface area contributed by atoms with Crippen molar-refractivity contribution in [3.8, 4) is 6.07 Å². The lowest BCUT2D eigenvalue weighted by atomic mass is 9.87. The number of rotatable bonds is 4. The highest BCUT2D eigenvalue weighted by Gasteiger charge is 2.17. The molecule has 3 rings (SSSR count). The van der Waals surface area contributed by atoms with Crippen LogP contribution in [0.15, 0.2) is 67.4 Å². The summed E-state index contributed by atoms with van der Waals surface area (Å²) in [6.45, 7) is 0. The van der Waals surface area contributed by atoms with Crippen molar-refractivity contribution >= 4 is 0 Å². The van der Waals surface area contributed by atoms with Crippen molar-refractivity contribution in [2.45, 2.75) is 12.3 Å². The van der Waals surface area contributed by atoms with Crippen LogP contribution < -0.4 is 0 Å². The maximum Gasteiger partial charge on any atom is 0.143 e.